The van der Waals surface area contributed by atoms with Crippen LogP contribution < -0.4 is 9.62 Å². The Bertz CT molecular complexity index is 918. The van der Waals surface area contributed by atoms with E-state index in [1.165, 1.54) is 17.8 Å². The van der Waals surface area contributed by atoms with Crippen molar-refractivity contribution in [3.63, 3.8) is 0 Å². The van der Waals surface area contributed by atoms with Crippen molar-refractivity contribution in [2.24, 2.45) is 0 Å². The van der Waals surface area contributed by atoms with Gasteiger partial charge in [0.05, 0.1) is 11.9 Å². The number of carbonyl (C=O) groups is 1. The monoisotopic (exact) mass is 444 g/mol. The van der Waals surface area contributed by atoms with Gasteiger partial charge in [-0.2, -0.15) is 11.8 Å². The lowest BCUT2D eigenvalue weighted by molar-refractivity contribution is -0.119. The summed E-state index contributed by atoms with van der Waals surface area (Å²) in [5.41, 5.74) is 1.78. The van der Waals surface area contributed by atoms with Crippen LogP contribution in [0.1, 0.15) is 11.1 Å². The summed E-state index contributed by atoms with van der Waals surface area (Å²) in [7, 11) is -3.60. The largest absolute Gasteiger partial charge is 0.354 e. The summed E-state index contributed by atoms with van der Waals surface area (Å²) in [5, 5.41) is 3.07. The molecule has 28 heavy (non-hydrogen) atoms. The van der Waals surface area contributed by atoms with Crippen molar-refractivity contribution in [1.82, 2.24) is 5.32 Å². The van der Waals surface area contributed by atoms with Crippen LogP contribution in [0.25, 0.3) is 0 Å². The van der Waals surface area contributed by atoms with Gasteiger partial charge in [-0.15, -0.1) is 0 Å². The van der Waals surface area contributed by atoms with Crippen molar-refractivity contribution in [3.8, 4) is 0 Å². The predicted octanol–water partition coefficient (Wildman–Crippen LogP) is 3.60. The highest BCUT2D eigenvalue weighted by atomic mass is 35.5. The van der Waals surface area contributed by atoms with Crippen molar-refractivity contribution >= 4 is 45.0 Å². The third-order valence-corrected chi connectivity index (χ3v) is 6.33. The molecular weight excluding hydrogens is 423 g/mol. The van der Waals surface area contributed by atoms with Gasteiger partial charge >= 0.3 is 0 Å². The first-order valence-corrected chi connectivity index (χ1v) is 11.9. The fraction of sp³-hybridized carbons (Fsp3) is 0.316. The van der Waals surface area contributed by atoms with Gasteiger partial charge < -0.3 is 5.32 Å². The third kappa shape index (κ3) is 6.68. The maximum Gasteiger partial charge on any atom is 0.240 e. The van der Waals surface area contributed by atoms with E-state index in [2.05, 4.69) is 5.32 Å². The number of aryl methyl sites for hydroxylation is 1. The van der Waals surface area contributed by atoms with Gasteiger partial charge in [-0.1, -0.05) is 29.8 Å². The zero-order chi connectivity index (χ0) is 20.7. The van der Waals surface area contributed by atoms with Crippen molar-refractivity contribution in [2.75, 3.05) is 29.4 Å². The molecule has 0 saturated heterocycles. The van der Waals surface area contributed by atoms with Crippen LogP contribution in [0, 0.1) is 12.7 Å². The zero-order valence-corrected chi connectivity index (χ0v) is 18.0. The topological polar surface area (TPSA) is 66.5 Å². The number of nitrogens with zero attached hydrogens (tertiary/aromatic N) is 1. The second-order valence-electron chi connectivity index (χ2n) is 6.21. The summed E-state index contributed by atoms with van der Waals surface area (Å²) in [6, 6.07) is 11.5. The van der Waals surface area contributed by atoms with Crippen LogP contribution in [0.3, 0.4) is 0 Å². The number of sulfonamides is 1. The van der Waals surface area contributed by atoms with Gasteiger partial charge in [-0.3, -0.25) is 9.10 Å². The average molecular weight is 445 g/mol. The summed E-state index contributed by atoms with van der Waals surface area (Å²) in [6.45, 7) is 1.89. The summed E-state index contributed by atoms with van der Waals surface area (Å²) in [5.74, 6) is 0.169. The van der Waals surface area contributed by atoms with E-state index in [1.807, 2.05) is 13.0 Å². The molecule has 0 aliphatic carbocycles. The molecule has 0 spiro atoms. The van der Waals surface area contributed by atoms with E-state index in [9.17, 15) is 17.6 Å². The van der Waals surface area contributed by atoms with E-state index >= 15 is 0 Å². The third-order valence-electron chi connectivity index (χ3n) is 3.85. The second kappa shape index (κ2) is 10.1. The molecule has 2 aromatic carbocycles. The van der Waals surface area contributed by atoms with E-state index in [-0.39, 0.29) is 12.4 Å². The van der Waals surface area contributed by atoms with Crippen LogP contribution in [0.15, 0.2) is 42.5 Å². The summed E-state index contributed by atoms with van der Waals surface area (Å²) >= 11 is 7.41. The molecule has 0 unspecified atom stereocenters. The number of nitrogens with one attached hydrogen (secondary N) is 1. The Balaban J connectivity index is 1.85. The van der Waals surface area contributed by atoms with Gasteiger partial charge in [0.15, 0.2) is 0 Å². The fourth-order valence-corrected chi connectivity index (χ4v) is 4.52. The van der Waals surface area contributed by atoms with Crippen LogP contribution in [0.5, 0.6) is 0 Å². The molecule has 152 valence electrons. The summed E-state index contributed by atoms with van der Waals surface area (Å²) in [6.07, 6.45) is 1.07. The van der Waals surface area contributed by atoms with Gasteiger partial charge in [-0.25, -0.2) is 12.8 Å². The molecular formula is C19H22ClFN2O3S2. The van der Waals surface area contributed by atoms with Gasteiger partial charge in [0.25, 0.3) is 0 Å². The number of benzene rings is 2. The van der Waals surface area contributed by atoms with Crippen molar-refractivity contribution in [2.45, 2.75) is 12.7 Å². The van der Waals surface area contributed by atoms with Crippen LogP contribution in [-0.4, -0.2) is 39.4 Å². The van der Waals surface area contributed by atoms with Crippen LogP contribution in [0.2, 0.25) is 5.02 Å². The maximum atomic E-state index is 13.7. The van der Waals surface area contributed by atoms with Gasteiger partial charge in [0.1, 0.15) is 12.4 Å². The fourth-order valence-electron chi connectivity index (χ4n) is 2.48. The lowest BCUT2D eigenvalue weighted by Gasteiger charge is -2.22. The first-order chi connectivity index (χ1) is 13.2. The number of amides is 1. The number of thioether (sulfide) groups is 1. The van der Waals surface area contributed by atoms with Crippen molar-refractivity contribution in [3.05, 3.63) is 64.4 Å². The average Bonchev–Trinajstić information content (AvgIpc) is 2.60. The number of anilines is 1. The number of rotatable bonds is 9. The van der Waals surface area contributed by atoms with Crippen LogP contribution >= 0.6 is 23.4 Å². The Kier molecular flexibility index (Phi) is 8.15. The Morgan fingerprint density at radius 2 is 1.96 bits per heavy atom. The van der Waals surface area contributed by atoms with E-state index in [0.717, 1.165) is 16.1 Å². The molecule has 2 rings (SSSR count). The molecule has 0 bridgehead atoms. The first kappa shape index (κ1) is 22.5. The molecule has 0 atom stereocenters. The smallest absolute Gasteiger partial charge is 0.240 e. The number of hydrogen-bond donors (Lipinski definition) is 1. The van der Waals surface area contributed by atoms with E-state index in [1.54, 1.807) is 30.3 Å². The Morgan fingerprint density at radius 1 is 1.25 bits per heavy atom. The predicted molar refractivity (Wildman–Crippen MR) is 114 cm³/mol. The van der Waals surface area contributed by atoms with E-state index < -0.39 is 15.9 Å². The van der Waals surface area contributed by atoms with Crippen molar-refractivity contribution in [1.29, 1.82) is 0 Å². The molecule has 0 fully saturated rings. The molecule has 1 N–H and O–H groups in total. The Morgan fingerprint density at radius 3 is 2.61 bits per heavy atom. The molecule has 0 aromatic heterocycles. The highest BCUT2D eigenvalue weighted by Gasteiger charge is 2.20. The van der Waals surface area contributed by atoms with Gasteiger partial charge in [0.2, 0.25) is 15.9 Å². The molecule has 0 aliphatic heterocycles. The highest BCUT2D eigenvalue weighted by Crippen LogP contribution is 2.23. The molecule has 0 saturated carbocycles. The molecule has 1 amide bonds. The lowest BCUT2D eigenvalue weighted by Crippen LogP contribution is -2.41. The van der Waals surface area contributed by atoms with Crippen molar-refractivity contribution < 1.29 is 17.6 Å². The van der Waals surface area contributed by atoms with E-state index in [4.69, 9.17) is 11.6 Å². The Labute approximate surface area is 174 Å². The lowest BCUT2D eigenvalue weighted by atomic mass is 10.2. The number of halogens is 2. The summed E-state index contributed by atoms with van der Waals surface area (Å²) < 4.78 is 38.9. The normalized spacial score (nSPS) is 11.3. The minimum absolute atomic E-state index is 0.300. The van der Waals surface area contributed by atoms with Gasteiger partial charge in [0, 0.05) is 28.6 Å². The minimum atomic E-state index is -3.60. The minimum Gasteiger partial charge on any atom is -0.354 e. The summed E-state index contributed by atoms with van der Waals surface area (Å²) in [4.78, 5) is 12.2. The second-order valence-corrected chi connectivity index (χ2v) is 9.63. The highest BCUT2D eigenvalue weighted by molar-refractivity contribution is 7.98. The molecule has 0 heterocycles. The quantitative estimate of drug-likeness (QED) is 0.600. The zero-order valence-electron chi connectivity index (χ0n) is 15.6. The van der Waals surface area contributed by atoms with Crippen LogP contribution in [0.4, 0.5) is 10.1 Å². The standard InChI is InChI=1S/C19H22ClFN2O3S2/c1-14-5-3-6-15(11-14)23(28(2,25)26)12-19(24)22-9-10-27-13-16-17(20)7-4-8-18(16)21/h3-8,11H,9-10,12-13H2,1-2H3,(H,22,24). The Hall–Kier alpha value is -1.77. The molecule has 0 radical (unpaired) electrons. The maximum absolute atomic E-state index is 13.7. The van der Waals surface area contributed by atoms with Crippen LogP contribution in [-0.2, 0) is 20.6 Å². The number of hydrogen-bond acceptors (Lipinski definition) is 4. The van der Waals surface area contributed by atoms with Gasteiger partial charge in [-0.05, 0) is 36.8 Å². The SMILES string of the molecule is Cc1cccc(N(CC(=O)NCCSCc2c(F)cccc2Cl)S(C)(=O)=O)c1. The molecule has 5 nitrogen and oxygen atoms in total. The van der Waals surface area contributed by atoms with E-state index in [0.29, 0.717) is 34.3 Å². The molecule has 2 aromatic rings. The molecule has 0 aliphatic rings. The number of carbonyl (C=O) groups excluding carboxylic acids is 1. The molecule has 9 heteroatoms. The first-order valence-electron chi connectivity index (χ1n) is 8.50.